The number of hydrogen-bond donors (Lipinski definition) is 1. The van der Waals surface area contributed by atoms with E-state index >= 15 is 0 Å². The number of nitrogens with one attached hydrogen (secondary N) is 1. The average molecular weight is 458 g/mol. The number of carbonyl (C=O) groups excluding carboxylic acids is 2. The number of halogens is 1. The predicted octanol–water partition coefficient (Wildman–Crippen LogP) is 4.56. The van der Waals surface area contributed by atoms with Crippen molar-refractivity contribution in [3.8, 4) is 0 Å². The molecular weight excluding hydrogens is 417 g/mol. The quantitative estimate of drug-likeness (QED) is 0.721. The SMILES string of the molecule is CC(=O)N1CCC[C@H]1C(=O)N[C@@H]1CCC2(CCN(CCC(C)(C)C)CC2)c2cc(F)ccc21. The summed E-state index contributed by atoms with van der Waals surface area (Å²) in [6.45, 7) is 12.2. The van der Waals surface area contributed by atoms with E-state index < -0.39 is 0 Å². The Balaban J connectivity index is 1.48. The molecule has 2 heterocycles. The average Bonchev–Trinajstić information content (AvgIpc) is 3.26. The molecule has 1 aromatic rings. The molecule has 0 aromatic heterocycles. The summed E-state index contributed by atoms with van der Waals surface area (Å²) in [7, 11) is 0. The fraction of sp³-hybridized carbons (Fsp3) is 0.704. The van der Waals surface area contributed by atoms with Crippen molar-refractivity contribution in [1.82, 2.24) is 15.1 Å². The van der Waals surface area contributed by atoms with E-state index in [1.54, 1.807) is 11.0 Å². The van der Waals surface area contributed by atoms with Crippen LogP contribution in [-0.4, -0.2) is 53.8 Å². The molecule has 33 heavy (non-hydrogen) atoms. The van der Waals surface area contributed by atoms with Crippen LogP contribution < -0.4 is 5.32 Å². The van der Waals surface area contributed by atoms with Gasteiger partial charge in [-0.3, -0.25) is 9.59 Å². The van der Waals surface area contributed by atoms with Gasteiger partial charge in [0, 0.05) is 13.5 Å². The summed E-state index contributed by atoms with van der Waals surface area (Å²) in [5, 5.41) is 3.22. The van der Waals surface area contributed by atoms with Gasteiger partial charge in [-0.2, -0.15) is 0 Å². The van der Waals surface area contributed by atoms with E-state index in [2.05, 4.69) is 31.0 Å². The highest BCUT2D eigenvalue weighted by molar-refractivity contribution is 5.87. The minimum Gasteiger partial charge on any atom is -0.347 e. The first kappa shape index (κ1) is 24.2. The molecule has 6 heteroatoms. The zero-order valence-corrected chi connectivity index (χ0v) is 20.8. The Morgan fingerprint density at radius 2 is 1.85 bits per heavy atom. The van der Waals surface area contributed by atoms with Gasteiger partial charge in [0.15, 0.2) is 0 Å². The van der Waals surface area contributed by atoms with Gasteiger partial charge in [-0.15, -0.1) is 0 Å². The highest BCUT2D eigenvalue weighted by Gasteiger charge is 2.43. The normalized spacial score (nSPS) is 25.2. The Kier molecular flexibility index (Phi) is 6.86. The largest absolute Gasteiger partial charge is 0.347 e. The van der Waals surface area contributed by atoms with E-state index in [9.17, 15) is 14.0 Å². The molecule has 3 aliphatic rings. The highest BCUT2D eigenvalue weighted by Crippen LogP contribution is 2.48. The van der Waals surface area contributed by atoms with Crippen LogP contribution in [0, 0.1) is 11.2 Å². The third-order valence-electron chi connectivity index (χ3n) is 8.14. The second-order valence-corrected chi connectivity index (χ2v) is 11.6. The molecule has 4 rings (SSSR count). The maximum absolute atomic E-state index is 14.4. The first-order chi connectivity index (χ1) is 15.6. The summed E-state index contributed by atoms with van der Waals surface area (Å²) >= 11 is 0. The zero-order chi connectivity index (χ0) is 23.8. The number of amides is 2. The molecule has 2 fully saturated rings. The second kappa shape index (κ2) is 9.36. The van der Waals surface area contributed by atoms with E-state index in [0.717, 1.165) is 62.9 Å². The summed E-state index contributed by atoms with van der Waals surface area (Å²) < 4.78 is 14.4. The van der Waals surface area contributed by atoms with Gasteiger partial charge >= 0.3 is 0 Å². The standard InChI is InChI=1S/C27H40FN3O2/c1-19(32)31-14-5-6-24(31)25(33)29-23-9-10-27(22-18-20(28)7-8-21(22)23)12-16-30(17-13-27)15-11-26(2,3)4/h7-8,18,23-24H,5-6,9-17H2,1-4H3,(H,29,33)/t23-,24+/m1/s1. The molecule has 1 N–H and O–H groups in total. The van der Waals surface area contributed by atoms with Gasteiger partial charge in [0.2, 0.25) is 11.8 Å². The van der Waals surface area contributed by atoms with Crippen molar-refractivity contribution in [3.05, 3.63) is 35.1 Å². The van der Waals surface area contributed by atoms with Crippen LogP contribution in [0.4, 0.5) is 4.39 Å². The third-order valence-corrected chi connectivity index (χ3v) is 8.14. The lowest BCUT2D eigenvalue weighted by molar-refractivity contribution is -0.137. The summed E-state index contributed by atoms with van der Waals surface area (Å²) in [5.41, 5.74) is 2.48. The topological polar surface area (TPSA) is 52.7 Å². The van der Waals surface area contributed by atoms with Gasteiger partial charge in [0.25, 0.3) is 0 Å². The minimum atomic E-state index is -0.381. The molecular formula is C27H40FN3O2. The maximum atomic E-state index is 14.4. The van der Waals surface area contributed by atoms with Crippen LogP contribution in [0.2, 0.25) is 0 Å². The van der Waals surface area contributed by atoms with E-state index in [-0.39, 0.29) is 35.1 Å². The number of carbonyl (C=O) groups is 2. The van der Waals surface area contributed by atoms with Crippen LogP contribution in [0.5, 0.6) is 0 Å². The zero-order valence-electron chi connectivity index (χ0n) is 20.8. The van der Waals surface area contributed by atoms with Crippen molar-refractivity contribution < 1.29 is 14.0 Å². The molecule has 0 saturated carbocycles. The molecule has 182 valence electrons. The number of rotatable bonds is 4. The highest BCUT2D eigenvalue weighted by atomic mass is 19.1. The Bertz CT molecular complexity index is 886. The molecule has 2 atom stereocenters. The number of nitrogens with zero attached hydrogens (tertiary/aromatic N) is 2. The Morgan fingerprint density at radius 1 is 1.12 bits per heavy atom. The first-order valence-corrected chi connectivity index (χ1v) is 12.7. The lowest BCUT2D eigenvalue weighted by atomic mass is 9.63. The summed E-state index contributed by atoms with van der Waals surface area (Å²) in [6, 6.07) is 4.61. The molecule has 2 amide bonds. The van der Waals surface area contributed by atoms with Crippen molar-refractivity contribution in [3.63, 3.8) is 0 Å². The molecule has 0 radical (unpaired) electrons. The lowest BCUT2D eigenvalue weighted by Crippen LogP contribution is -2.49. The van der Waals surface area contributed by atoms with Crippen molar-refractivity contribution in [2.24, 2.45) is 5.41 Å². The minimum absolute atomic E-state index is 0.00429. The molecule has 1 aliphatic carbocycles. The summed E-state index contributed by atoms with van der Waals surface area (Å²) in [5.74, 6) is -0.319. The Labute approximate surface area is 198 Å². The van der Waals surface area contributed by atoms with E-state index in [0.29, 0.717) is 18.4 Å². The van der Waals surface area contributed by atoms with Crippen molar-refractivity contribution in [2.75, 3.05) is 26.2 Å². The molecule has 0 unspecified atom stereocenters. The predicted molar refractivity (Wildman–Crippen MR) is 128 cm³/mol. The number of fused-ring (bicyclic) bond motifs is 2. The fourth-order valence-corrected chi connectivity index (χ4v) is 6.05. The Hall–Kier alpha value is -1.95. The van der Waals surface area contributed by atoms with Crippen molar-refractivity contribution in [1.29, 1.82) is 0 Å². The van der Waals surface area contributed by atoms with Gasteiger partial charge in [0.1, 0.15) is 11.9 Å². The maximum Gasteiger partial charge on any atom is 0.243 e. The molecule has 2 saturated heterocycles. The van der Waals surface area contributed by atoms with Crippen LogP contribution in [0.25, 0.3) is 0 Å². The van der Waals surface area contributed by atoms with Crippen molar-refractivity contribution >= 4 is 11.8 Å². The monoisotopic (exact) mass is 457 g/mol. The number of hydrogen-bond acceptors (Lipinski definition) is 3. The van der Waals surface area contributed by atoms with Crippen LogP contribution in [0.15, 0.2) is 18.2 Å². The van der Waals surface area contributed by atoms with Crippen LogP contribution in [-0.2, 0) is 15.0 Å². The van der Waals surface area contributed by atoms with Gasteiger partial charge in [-0.1, -0.05) is 26.8 Å². The summed E-state index contributed by atoms with van der Waals surface area (Å²) in [6.07, 6.45) is 6.64. The van der Waals surface area contributed by atoms with Crippen molar-refractivity contribution in [2.45, 2.75) is 90.1 Å². The number of likely N-dealkylation sites (tertiary alicyclic amines) is 2. The second-order valence-electron chi connectivity index (χ2n) is 11.6. The van der Waals surface area contributed by atoms with Gasteiger partial charge in [-0.25, -0.2) is 4.39 Å². The lowest BCUT2D eigenvalue weighted by Gasteiger charge is -2.47. The van der Waals surface area contributed by atoms with Crippen LogP contribution >= 0.6 is 0 Å². The third kappa shape index (κ3) is 5.26. The van der Waals surface area contributed by atoms with Crippen LogP contribution in [0.3, 0.4) is 0 Å². The molecule has 5 nitrogen and oxygen atoms in total. The van der Waals surface area contributed by atoms with E-state index in [1.165, 1.54) is 19.4 Å². The molecule has 1 spiro atoms. The van der Waals surface area contributed by atoms with E-state index in [1.807, 2.05) is 6.07 Å². The smallest absolute Gasteiger partial charge is 0.243 e. The number of benzene rings is 1. The van der Waals surface area contributed by atoms with Gasteiger partial charge in [0.05, 0.1) is 6.04 Å². The van der Waals surface area contributed by atoms with E-state index in [4.69, 9.17) is 0 Å². The number of piperidine rings is 1. The first-order valence-electron chi connectivity index (χ1n) is 12.7. The molecule has 2 aliphatic heterocycles. The summed E-state index contributed by atoms with van der Waals surface area (Å²) in [4.78, 5) is 29.2. The molecule has 0 bridgehead atoms. The van der Waals surface area contributed by atoms with Crippen LogP contribution in [0.1, 0.15) is 89.8 Å². The molecule has 1 aromatic carbocycles. The van der Waals surface area contributed by atoms with Gasteiger partial charge in [-0.05, 0) is 98.7 Å². The fourth-order valence-electron chi connectivity index (χ4n) is 6.05. The van der Waals surface area contributed by atoms with Gasteiger partial charge < -0.3 is 15.1 Å². The Morgan fingerprint density at radius 3 is 2.52 bits per heavy atom.